The number of halogens is 1. The molecule has 1 N–H and O–H groups in total. The number of ketones is 1. The molecule has 7 rings (SSSR count). The van der Waals surface area contributed by atoms with E-state index in [2.05, 4.69) is 34.5 Å². The van der Waals surface area contributed by atoms with Crippen molar-refractivity contribution in [2.45, 2.75) is 22.7 Å². The molecule has 1 fully saturated rings. The van der Waals surface area contributed by atoms with Crippen LogP contribution in [0.4, 0.5) is 5.13 Å². The maximum Gasteiger partial charge on any atom is 0.301 e. The van der Waals surface area contributed by atoms with Gasteiger partial charge < -0.3 is 9.84 Å². The highest BCUT2D eigenvalue weighted by Gasteiger charge is 2.48. The molecule has 0 bridgehead atoms. The first-order chi connectivity index (χ1) is 23.0. The Bertz CT molecular complexity index is 2130. The molecule has 1 amide bonds. The summed E-state index contributed by atoms with van der Waals surface area (Å²) in [7, 11) is 0. The van der Waals surface area contributed by atoms with Gasteiger partial charge in [-0.3, -0.25) is 14.5 Å². The highest BCUT2D eigenvalue weighted by atomic mass is 35.5. The van der Waals surface area contributed by atoms with Gasteiger partial charge in [-0.25, -0.2) is 0 Å². The van der Waals surface area contributed by atoms with Crippen molar-refractivity contribution in [3.63, 3.8) is 0 Å². The van der Waals surface area contributed by atoms with Crippen LogP contribution in [0.25, 0.3) is 16.5 Å². The number of aliphatic hydroxyl groups is 1. The molecule has 1 atom stereocenters. The number of Topliss-reactive ketones (excluding diaryl/α,β-unsaturated/α-hetero) is 1. The summed E-state index contributed by atoms with van der Waals surface area (Å²) in [4.78, 5) is 28.7. The number of carbonyl (C=O) groups is 2. The van der Waals surface area contributed by atoms with Crippen LogP contribution in [-0.2, 0) is 21.9 Å². The van der Waals surface area contributed by atoms with E-state index in [-0.39, 0.29) is 16.5 Å². The monoisotopic (exact) mass is 675 g/mol. The number of rotatable bonds is 9. The van der Waals surface area contributed by atoms with E-state index in [9.17, 15) is 14.7 Å². The molecule has 0 aliphatic carbocycles. The van der Waals surface area contributed by atoms with Crippen LogP contribution in [0.1, 0.15) is 28.3 Å². The fourth-order valence-electron chi connectivity index (χ4n) is 5.54. The van der Waals surface area contributed by atoms with Gasteiger partial charge in [-0.05, 0) is 63.9 Å². The largest absolute Gasteiger partial charge is 0.507 e. The van der Waals surface area contributed by atoms with Gasteiger partial charge in [-0.1, -0.05) is 120 Å². The molecule has 5 aromatic carbocycles. The highest BCUT2D eigenvalue weighted by molar-refractivity contribution is 8.00. The summed E-state index contributed by atoms with van der Waals surface area (Å²) in [6.45, 7) is 0.336. The van der Waals surface area contributed by atoms with Gasteiger partial charge in [-0.15, -0.1) is 10.2 Å². The van der Waals surface area contributed by atoms with Crippen LogP contribution in [0.3, 0.4) is 0 Å². The van der Waals surface area contributed by atoms with Crippen LogP contribution in [0.2, 0.25) is 5.02 Å². The van der Waals surface area contributed by atoms with Gasteiger partial charge >= 0.3 is 5.91 Å². The predicted molar refractivity (Wildman–Crippen MR) is 187 cm³/mol. The van der Waals surface area contributed by atoms with E-state index >= 15 is 0 Å². The molecule has 6 aromatic rings. The van der Waals surface area contributed by atoms with E-state index in [1.54, 1.807) is 42.5 Å². The lowest BCUT2D eigenvalue weighted by Gasteiger charge is -2.23. The average Bonchev–Trinajstić information content (AvgIpc) is 3.68. The minimum Gasteiger partial charge on any atom is -0.507 e. The van der Waals surface area contributed by atoms with Crippen molar-refractivity contribution in [1.82, 2.24) is 10.2 Å². The van der Waals surface area contributed by atoms with Crippen LogP contribution < -0.4 is 9.64 Å². The van der Waals surface area contributed by atoms with Gasteiger partial charge in [0.05, 0.1) is 11.6 Å². The standard InChI is InChI=1S/C37H26ClN3O4S2/c38-28-18-16-25(17-19-28)33(42)31-32(26-12-7-14-29(20-26)45-21-23-8-2-1-3-9-23)41(35(44)34(31)43)36-39-40-37(47-36)46-22-27-13-6-11-24-10-4-5-15-30(24)27/h1-20,32,42H,21-22H2. The Kier molecular flexibility index (Phi) is 8.76. The fourth-order valence-corrected chi connectivity index (χ4v) is 7.54. The lowest BCUT2D eigenvalue weighted by molar-refractivity contribution is -0.132. The number of fused-ring (bicyclic) bond motifs is 1. The molecule has 1 aliphatic heterocycles. The number of hydrogen-bond acceptors (Lipinski definition) is 8. The number of hydrogen-bond donors (Lipinski definition) is 1. The maximum atomic E-state index is 13.7. The summed E-state index contributed by atoms with van der Waals surface area (Å²) in [6.07, 6.45) is 0. The number of nitrogens with zero attached hydrogens (tertiary/aromatic N) is 3. The molecular weight excluding hydrogens is 650 g/mol. The number of thioether (sulfide) groups is 1. The van der Waals surface area contributed by atoms with Crippen molar-refractivity contribution in [3.05, 3.63) is 154 Å². The van der Waals surface area contributed by atoms with Gasteiger partial charge in [0.1, 0.15) is 18.1 Å². The second-order valence-electron chi connectivity index (χ2n) is 10.8. The molecule has 10 heteroatoms. The van der Waals surface area contributed by atoms with E-state index < -0.39 is 17.7 Å². The lowest BCUT2D eigenvalue weighted by atomic mass is 9.95. The molecule has 2 heterocycles. The van der Waals surface area contributed by atoms with Gasteiger partial charge in [0, 0.05) is 16.3 Å². The van der Waals surface area contributed by atoms with Crippen molar-refractivity contribution in [2.24, 2.45) is 0 Å². The Morgan fingerprint density at radius 2 is 1.62 bits per heavy atom. The average molecular weight is 676 g/mol. The number of carbonyl (C=O) groups excluding carboxylic acids is 2. The van der Waals surface area contributed by atoms with Crippen molar-refractivity contribution in [2.75, 3.05) is 4.90 Å². The quantitative estimate of drug-likeness (QED) is 0.0538. The first-order valence-corrected chi connectivity index (χ1v) is 16.9. The first-order valence-electron chi connectivity index (χ1n) is 14.7. The Morgan fingerprint density at radius 1 is 0.872 bits per heavy atom. The molecule has 47 heavy (non-hydrogen) atoms. The highest BCUT2D eigenvalue weighted by Crippen LogP contribution is 2.45. The number of amides is 1. The van der Waals surface area contributed by atoms with Crippen molar-refractivity contribution in [1.29, 1.82) is 0 Å². The fraction of sp³-hybridized carbons (Fsp3) is 0.0811. The number of aromatic nitrogens is 2. The molecule has 0 radical (unpaired) electrons. The minimum atomic E-state index is -0.977. The Hall–Kier alpha value is -4.96. The van der Waals surface area contributed by atoms with Crippen LogP contribution in [0, 0.1) is 0 Å². The van der Waals surface area contributed by atoms with Crippen LogP contribution in [0.5, 0.6) is 5.75 Å². The third-order valence-electron chi connectivity index (χ3n) is 7.82. The van der Waals surface area contributed by atoms with Gasteiger partial charge in [-0.2, -0.15) is 0 Å². The molecule has 232 valence electrons. The summed E-state index contributed by atoms with van der Waals surface area (Å²) in [5.41, 5.74) is 3.02. The van der Waals surface area contributed by atoms with Crippen molar-refractivity contribution >= 4 is 68.1 Å². The lowest BCUT2D eigenvalue weighted by Crippen LogP contribution is -2.29. The second kappa shape index (κ2) is 13.4. The minimum absolute atomic E-state index is 0.0577. The third-order valence-corrected chi connectivity index (χ3v) is 10.2. The third kappa shape index (κ3) is 6.38. The number of benzene rings is 5. The summed E-state index contributed by atoms with van der Waals surface area (Å²) < 4.78 is 6.72. The summed E-state index contributed by atoms with van der Waals surface area (Å²) in [6, 6.07) is 36.8. The Labute approximate surface area is 284 Å². The zero-order valence-corrected chi connectivity index (χ0v) is 27.1. The molecule has 1 unspecified atom stereocenters. The van der Waals surface area contributed by atoms with E-state index in [1.807, 2.05) is 54.6 Å². The molecule has 1 aliphatic rings. The Morgan fingerprint density at radius 3 is 2.45 bits per heavy atom. The smallest absolute Gasteiger partial charge is 0.301 e. The molecule has 7 nitrogen and oxygen atoms in total. The summed E-state index contributed by atoms with van der Waals surface area (Å²) in [5, 5.41) is 23.3. The van der Waals surface area contributed by atoms with E-state index in [0.29, 0.717) is 38.6 Å². The summed E-state index contributed by atoms with van der Waals surface area (Å²) >= 11 is 8.82. The van der Waals surface area contributed by atoms with Crippen molar-refractivity contribution < 1.29 is 19.4 Å². The zero-order valence-electron chi connectivity index (χ0n) is 24.7. The van der Waals surface area contributed by atoms with E-state index in [1.165, 1.54) is 28.0 Å². The second-order valence-corrected chi connectivity index (χ2v) is 13.4. The van der Waals surface area contributed by atoms with Crippen LogP contribution in [0.15, 0.2) is 131 Å². The zero-order chi connectivity index (χ0) is 32.3. The number of aliphatic hydroxyl groups excluding tert-OH is 1. The SMILES string of the molecule is O=C1C(=O)N(c2nnc(SCc3cccc4ccccc34)s2)C(c2cccc(OCc3ccccc3)c2)C1=C(O)c1ccc(Cl)cc1. The molecule has 0 saturated carbocycles. The maximum absolute atomic E-state index is 13.7. The number of anilines is 1. The van der Waals surface area contributed by atoms with E-state index in [4.69, 9.17) is 16.3 Å². The Balaban J connectivity index is 1.24. The molecular formula is C37H26ClN3O4S2. The van der Waals surface area contributed by atoms with E-state index in [0.717, 1.165) is 21.9 Å². The van der Waals surface area contributed by atoms with Gasteiger partial charge in [0.25, 0.3) is 5.78 Å². The normalized spacial score (nSPS) is 15.8. The topological polar surface area (TPSA) is 92.6 Å². The van der Waals surface area contributed by atoms with Crippen LogP contribution in [-0.4, -0.2) is 27.0 Å². The molecule has 0 spiro atoms. The van der Waals surface area contributed by atoms with Gasteiger partial charge in [0.2, 0.25) is 5.13 Å². The predicted octanol–water partition coefficient (Wildman–Crippen LogP) is 8.84. The van der Waals surface area contributed by atoms with Crippen molar-refractivity contribution in [3.8, 4) is 5.75 Å². The summed E-state index contributed by atoms with van der Waals surface area (Å²) in [5.74, 6) is -0.735. The molecule has 1 aromatic heterocycles. The van der Waals surface area contributed by atoms with Gasteiger partial charge in [0.15, 0.2) is 4.34 Å². The van der Waals surface area contributed by atoms with Crippen LogP contribution >= 0.6 is 34.7 Å². The molecule has 1 saturated heterocycles. The first kappa shape index (κ1) is 30.7. The number of ether oxygens (including phenoxy) is 1.